The molecule has 0 saturated carbocycles. The van der Waals surface area contributed by atoms with E-state index < -0.39 is 17.8 Å². The summed E-state index contributed by atoms with van der Waals surface area (Å²) in [5.74, 6) is -2.42. The number of aromatic nitrogens is 1. The zero-order valence-corrected chi connectivity index (χ0v) is 14.3. The van der Waals surface area contributed by atoms with Crippen LogP contribution in [0.4, 0.5) is 5.69 Å². The van der Waals surface area contributed by atoms with E-state index in [1.165, 1.54) is 12.3 Å². The normalized spacial score (nSPS) is 11.9. The second kappa shape index (κ2) is 7.41. The highest BCUT2D eigenvalue weighted by molar-refractivity contribution is 6.34. The van der Waals surface area contributed by atoms with Crippen molar-refractivity contribution in [2.24, 2.45) is 0 Å². The number of aromatic amines is 1. The number of fused-ring (bicyclic) bond motifs is 1. The molecule has 1 aromatic heterocycles. The van der Waals surface area contributed by atoms with Gasteiger partial charge in [-0.15, -0.1) is 0 Å². The van der Waals surface area contributed by atoms with Crippen LogP contribution < -0.4 is 10.9 Å². The summed E-state index contributed by atoms with van der Waals surface area (Å²) in [5.41, 5.74) is 0.645. The molecule has 0 spiro atoms. The number of amides is 1. The van der Waals surface area contributed by atoms with E-state index in [9.17, 15) is 14.4 Å². The maximum absolute atomic E-state index is 12.7. The number of rotatable bonds is 5. The first-order valence-corrected chi connectivity index (χ1v) is 8.21. The summed E-state index contributed by atoms with van der Waals surface area (Å²) in [6, 6.07) is 13.3. The van der Waals surface area contributed by atoms with Crippen LogP contribution in [0.1, 0.15) is 17.9 Å². The van der Waals surface area contributed by atoms with Crippen molar-refractivity contribution in [3.8, 4) is 0 Å². The van der Waals surface area contributed by atoms with Gasteiger partial charge in [-0.3, -0.25) is 14.4 Å². The van der Waals surface area contributed by atoms with Crippen molar-refractivity contribution in [3.05, 3.63) is 75.7 Å². The minimum absolute atomic E-state index is 0.273. The summed E-state index contributed by atoms with van der Waals surface area (Å²) >= 11 is 6.22. The molecule has 1 amide bonds. The van der Waals surface area contributed by atoms with Gasteiger partial charge in [0.1, 0.15) is 0 Å². The Morgan fingerprint density at radius 3 is 2.54 bits per heavy atom. The summed E-state index contributed by atoms with van der Waals surface area (Å²) in [6.45, 7) is 0. The van der Waals surface area contributed by atoms with E-state index in [4.69, 9.17) is 16.7 Å². The molecule has 1 unspecified atom stereocenters. The average Bonchev–Trinajstić information content (AvgIpc) is 2.61. The first-order chi connectivity index (χ1) is 12.4. The average molecular weight is 371 g/mol. The van der Waals surface area contributed by atoms with Crippen molar-refractivity contribution in [3.63, 3.8) is 0 Å². The highest BCUT2D eigenvalue weighted by atomic mass is 35.5. The van der Waals surface area contributed by atoms with Gasteiger partial charge < -0.3 is 15.4 Å². The molecule has 6 nitrogen and oxygen atoms in total. The van der Waals surface area contributed by atoms with Crippen LogP contribution in [-0.2, 0) is 9.59 Å². The quantitative estimate of drug-likeness (QED) is 0.641. The van der Waals surface area contributed by atoms with E-state index in [1.54, 1.807) is 42.5 Å². The van der Waals surface area contributed by atoms with Gasteiger partial charge in [0.15, 0.2) is 0 Å². The lowest BCUT2D eigenvalue weighted by molar-refractivity contribution is -0.139. The predicted octanol–water partition coefficient (Wildman–Crippen LogP) is 3.38. The van der Waals surface area contributed by atoms with Gasteiger partial charge in [0.25, 0.3) is 0 Å². The topological polar surface area (TPSA) is 99.3 Å². The Morgan fingerprint density at radius 2 is 1.85 bits per heavy atom. The fraction of sp³-hybridized carbons (Fsp3) is 0.105. The lowest BCUT2D eigenvalue weighted by Crippen LogP contribution is -2.23. The van der Waals surface area contributed by atoms with E-state index in [0.29, 0.717) is 21.7 Å². The minimum Gasteiger partial charge on any atom is -0.481 e. The molecule has 0 radical (unpaired) electrons. The summed E-state index contributed by atoms with van der Waals surface area (Å²) < 4.78 is 0. The highest BCUT2D eigenvalue weighted by Gasteiger charge is 2.24. The number of carbonyl (C=O) groups is 2. The maximum Gasteiger partial charge on any atom is 0.304 e. The minimum atomic E-state index is -1.08. The first-order valence-electron chi connectivity index (χ1n) is 7.83. The summed E-state index contributed by atoms with van der Waals surface area (Å²) in [6.07, 6.45) is 1.19. The number of halogens is 1. The van der Waals surface area contributed by atoms with Crippen LogP contribution in [0.3, 0.4) is 0 Å². The number of aliphatic carboxylic acids is 1. The molecule has 0 aliphatic heterocycles. The van der Waals surface area contributed by atoms with Crippen LogP contribution >= 0.6 is 11.6 Å². The molecule has 0 aliphatic carbocycles. The number of hydrogen-bond acceptors (Lipinski definition) is 3. The Hall–Kier alpha value is -3.12. The number of hydrogen-bond donors (Lipinski definition) is 3. The first kappa shape index (κ1) is 17.7. The molecule has 7 heteroatoms. The Kier molecular flexibility index (Phi) is 5.04. The van der Waals surface area contributed by atoms with Gasteiger partial charge in [-0.05, 0) is 28.5 Å². The molecule has 3 aromatic rings. The zero-order valence-electron chi connectivity index (χ0n) is 13.5. The molecule has 3 N–H and O–H groups in total. The van der Waals surface area contributed by atoms with Gasteiger partial charge in [-0.2, -0.15) is 0 Å². The molecule has 3 rings (SSSR count). The number of benzene rings is 2. The molecule has 26 heavy (non-hydrogen) atoms. The Morgan fingerprint density at radius 1 is 1.12 bits per heavy atom. The molecule has 0 aliphatic rings. The molecular formula is C19H15ClN2O4. The van der Waals surface area contributed by atoms with E-state index in [2.05, 4.69) is 10.3 Å². The molecule has 1 heterocycles. The van der Waals surface area contributed by atoms with Gasteiger partial charge in [0, 0.05) is 12.3 Å². The molecular weight excluding hydrogens is 356 g/mol. The van der Waals surface area contributed by atoms with E-state index in [1.807, 2.05) is 0 Å². The smallest absolute Gasteiger partial charge is 0.304 e. The second-order valence-electron chi connectivity index (χ2n) is 5.81. The van der Waals surface area contributed by atoms with Gasteiger partial charge in [-0.25, -0.2) is 0 Å². The number of nitrogens with one attached hydrogen (secondary N) is 2. The van der Waals surface area contributed by atoms with Crippen LogP contribution in [-0.4, -0.2) is 22.0 Å². The van der Waals surface area contributed by atoms with Crippen LogP contribution in [0.15, 0.2) is 59.5 Å². The van der Waals surface area contributed by atoms with E-state index in [-0.39, 0.29) is 12.0 Å². The second-order valence-corrected chi connectivity index (χ2v) is 6.22. The van der Waals surface area contributed by atoms with Crippen molar-refractivity contribution in [2.45, 2.75) is 12.3 Å². The third-order valence-electron chi connectivity index (χ3n) is 3.98. The van der Waals surface area contributed by atoms with Crippen LogP contribution in [0.25, 0.3) is 10.8 Å². The zero-order chi connectivity index (χ0) is 18.7. The summed E-state index contributed by atoms with van der Waals surface area (Å²) in [5, 5.41) is 13.4. The van der Waals surface area contributed by atoms with Crippen LogP contribution in [0.5, 0.6) is 0 Å². The SMILES string of the molecule is O=C(O)CC(C(=O)Nc1cc2cc(=O)[nH]cc2cc1Cl)c1ccccc1. The lowest BCUT2D eigenvalue weighted by atomic mass is 9.94. The van der Waals surface area contributed by atoms with E-state index in [0.717, 1.165) is 5.39 Å². The largest absolute Gasteiger partial charge is 0.481 e. The molecule has 0 fully saturated rings. The third-order valence-corrected chi connectivity index (χ3v) is 4.30. The lowest BCUT2D eigenvalue weighted by Gasteiger charge is -2.16. The van der Waals surface area contributed by atoms with Crippen LogP contribution in [0, 0.1) is 0 Å². The van der Waals surface area contributed by atoms with Gasteiger partial charge >= 0.3 is 5.97 Å². The maximum atomic E-state index is 12.7. The molecule has 0 bridgehead atoms. The predicted molar refractivity (Wildman–Crippen MR) is 99.6 cm³/mol. The molecule has 132 valence electrons. The Bertz CT molecular complexity index is 1030. The van der Waals surface area contributed by atoms with Crippen molar-refractivity contribution in [2.75, 3.05) is 5.32 Å². The van der Waals surface area contributed by atoms with Gasteiger partial charge in [-0.1, -0.05) is 41.9 Å². The Balaban J connectivity index is 1.94. The van der Waals surface area contributed by atoms with Crippen molar-refractivity contribution < 1.29 is 14.7 Å². The summed E-state index contributed by atoms with van der Waals surface area (Å²) in [4.78, 5) is 37.9. The number of anilines is 1. The van der Waals surface area contributed by atoms with E-state index >= 15 is 0 Å². The third kappa shape index (κ3) is 3.92. The van der Waals surface area contributed by atoms with Gasteiger partial charge in [0.2, 0.25) is 11.5 Å². The number of pyridine rings is 1. The number of H-pyrrole nitrogens is 1. The highest BCUT2D eigenvalue weighted by Crippen LogP contribution is 2.29. The number of carbonyl (C=O) groups excluding carboxylic acids is 1. The summed E-state index contributed by atoms with van der Waals surface area (Å²) in [7, 11) is 0. The van der Waals surface area contributed by atoms with Crippen molar-refractivity contribution in [1.82, 2.24) is 4.98 Å². The van der Waals surface area contributed by atoms with Gasteiger partial charge in [0.05, 0.1) is 23.0 Å². The fourth-order valence-electron chi connectivity index (χ4n) is 2.72. The number of carboxylic acid groups (broad SMARTS) is 1. The number of carboxylic acids is 1. The monoisotopic (exact) mass is 370 g/mol. The standard InChI is InChI=1S/C19H15ClN2O4/c20-15-6-13-10-21-17(23)8-12(13)7-16(15)22-19(26)14(9-18(24)25)11-4-2-1-3-5-11/h1-8,10,14H,9H2,(H,21,23)(H,22,26)(H,24,25). The fourth-order valence-corrected chi connectivity index (χ4v) is 2.94. The molecule has 0 saturated heterocycles. The molecule has 2 aromatic carbocycles. The van der Waals surface area contributed by atoms with Crippen LogP contribution in [0.2, 0.25) is 5.02 Å². The Labute approximate surface area is 153 Å². The molecule has 1 atom stereocenters. The van der Waals surface area contributed by atoms with Crippen molar-refractivity contribution in [1.29, 1.82) is 0 Å². The van der Waals surface area contributed by atoms with Crippen molar-refractivity contribution >= 4 is 39.9 Å².